The number of anilines is 1. The molecule has 4 atom stereocenters. The van der Waals surface area contributed by atoms with Gasteiger partial charge in [-0.15, -0.1) is 0 Å². The van der Waals surface area contributed by atoms with Gasteiger partial charge in [-0.1, -0.05) is 31.0 Å². The van der Waals surface area contributed by atoms with Gasteiger partial charge in [0.1, 0.15) is 23.8 Å². The van der Waals surface area contributed by atoms with Crippen LogP contribution in [0.2, 0.25) is 0 Å². The number of unbranched alkanes of at least 4 members (excludes halogenated alkanes) is 3. The highest BCUT2D eigenvalue weighted by molar-refractivity contribution is 7.70. The Labute approximate surface area is 397 Å². The fourth-order valence-corrected chi connectivity index (χ4v) is 10.3. The van der Waals surface area contributed by atoms with Gasteiger partial charge in [-0.05, 0) is 117 Å². The smallest absolute Gasteiger partial charge is 0.352 e. The van der Waals surface area contributed by atoms with Crippen LogP contribution in [0.15, 0.2) is 59.4 Å². The zero-order valence-corrected chi connectivity index (χ0v) is 39.9. The summed E-state index contributed by atoms with van der Waals surface area (Å²) in [7, 11) is -0.0142. The summed E-state index contributed by atoms with van der Waals surface area (Å²) in [4.78, 5) is 129. The van der Waals surface area contributed by atoms with Gasteiger partial charge < -0.3 is 30.3 Å². The van der Waals surface area contributed by atoms with Gasteiger partial charge in [-0.25, -0.2) is 4.79 Å². The van der Waals surface area contributed by atoms with Crippen molar-refractivity contribution in [3.05, 3.63) is 98.6 Å². The third-order valence-corrected chi connectivity index (χ3v) is 14.3. The normalized spacial score (nSPS) is 18.5. The maximum absolute atomic E-state index is 14.6. The van der Waals surface area contributed by atoms with Gasteiger partial charge in [-0.2, -0.15) is 0 Å². The molecule has 3 aliphatic heterocycles. The fourth-order valence-electron chi connectivity index (χ4n) is 9.86. The minimum Gasteiger partial charge on any atom is -0.352 e. The van der Waals surface area contributed by atoms with Crippen LogP contribution in [0.25, 0.3) is 21.9 Å². The maximum atomic E-state index is 14.6. The van der Waals surface area contributed by atoms with Crippen LogP contribution in [0.3, 0.4) is 0 Å². The average Bonchev–Trinajstić information content (AvgIpc) is 3.96. The first-order valence-electron chi connectivity index (χ1n) is 23.3. The Morgan fingerprint density at radius 3 is 2.30 bits per heavy atom. The first-order chi connectivity index (χ1) is 32.8. The van der Waals surface area contributed by atoms with Crippen molar-refractivity contribution in [2.75, 3.05) is 19.0 Å². The molecule has 69 heavy (non-hydrogen) atoms. The number of carbonyl (C=O) groups is 7. The Hall–Kier alpha value is -6.69. The van der Waals surface area contributed by atoms with E-state index in [0.717, 1.165) is 66.3 Å². The van der Waals surface area contributed by atoms with Crippen molar-refractivity contribution in [3.8, 4) is 0 Å². The van der Waals surface area contributed by atoms with Crippen LogP contribution in [0.4, 0.5) is 5.69 Å². The molecular formula is C49H57N8O11P. The molecule has 0 radical (unpaired) electrons. The third-order valence-electron chi connectivity index (χ3n) is 13.6. The topological polar surface area (TPSA) is 262 Å². The van der Waals surface area contributed by atoms with Gasteiger partial charge in [0.05, 0.1) is 16.7 Å². The first kappa shape index (κ1) is 48.8. The number of hydrogen-bond acceptors (Lipinski definition) is 9. The van der Waals surface area contributed by atoms with Crippen molar-refractivity contribution in [2.45, 2.75) is 115 Å². The number of H-pyrrole nitrogens is 1. The number of imide groups is 1. The highest BCUT2D eigenvalue weighted by Crippen LogP contribution is 2.41. The molecule has 2 aromatic heterocycles. The number of nitrogens with zero attached hydrogens (tertiary/aromatic N) is 4. The Balaban J connectivity index is 0.939. The summed E-state index contributed by atoms with van der Waals surface area (Å²) < 4.78 is 14.6. The number of carbonyl (C=O) groups excluding carboxylic acids is 7. The van der Waals surface area contributed by atoms with Crippen LogP contribution in [0.5, 0.6) is 0 Å². The number of imidazole rings is 1. The molecule has 3 aromatic carbocycles. The quantitative estimate of drug-likeness (QED) is 0.0443. The minimum atomic E-state index is -5.04. The van der Waals surface area contributed by atoms with Gasteiger partial charge in [-0.3, -0.25) is 57.5 Å². The van der Waals surface area contributed by atoms with Crippen LogP contribution in [-0.4, -0.2) is 102 Å². The van der Waals surface area contributed by atoms with E-state index in [0.29, 0.717) is 34.9 Å². The van der Waals surface area contributed by atoms with E-state index in [1.165, 1.54) is 38.6 Å². The number of fused-ring (bicyclic) bond motifs is 2. The fraction of sp³-hybridized carbons (Fsp3) is 0.429. The van der Waals surface area contributed by atoms with Gasteiger partial charge >= 0.3 is 13.3 Å². The monoisotopic (exact) mass is 964 g/mol. The van der Waals surface area contributed by atoms with Crippen LogP contribution >= 0.6 is 7.60 Å². The molecule has 5 heterocycles. The SMILES string of the molecule is C[C@H](CCC(=O)N(C)C)NC(=O)[C@@H]1Cc2cc(CCCCCCc3ccc4c(c3)n(C)c(=O)n4C3CCC(=O)NC3=O)cc3c2N1C(=O)[C@@H](NC(=O)c1cc2cc(C(=O)P(=O)(O)O)ccc2[nH]1)CC3. The number of amides is 6. The lowest BCUT2D eigenvalue weighted by atomic mass is 9.95. The van der Waals surface area contributed by atoms with E-state index >= 15 is 0 Å². The van der Waals surface area contributed by atoms with Gasteiger partial charge in [0.25, 0.3) is 11.4 Å². The predicted molar refractivity (Wildman–Crippen MR) is 256 cm³/mol. The van der Waals surface area contributed by atoms with E-state index in [2.05, 4.69) is 33.1 Å². The third kappa shape index (κ3) is 10.2. The summed E-state index contributed by atoms with van der Waals surface area (Å²) in [6.07, 6.45) is 7.33. The van der Waals surface area contributed by atoms with Gasteiger partial charge in [0, 0.05) is 62.9 Å². The molecule has 20 heteroatoms. The number of aryl methyl sites for hydroxylation is 4. The first-order valence-corrected chi connectivity index (χ1v) is 25.0. The van der Waals surface area contributed by atoms with Crippen LogP contribution in [-0.2, 0) is 61.3 Å². The molecule has 1 fully saturated rings. The average molecular weight is 965 g/mol. The second-order valence-corrected chi connectivity index (χ2v) is 20.2. The molecule has 8 rings (SSSR count). The Morgan fingerprint density at radius 2 is 1.59 bits per heavy atom. The lowest BCUT2D eigenvalue weighted by Crippen LogP contribution is -2.55. The zero-order chi connectivity index (χ0) is 49.5. The van der Waals surface area contributed by atoms with Crippen molar-refractivity contribution in [1.29, 1.82) is 0 Å². The molecule has 0 spiro atoms. The van der Waals surface area contributed by atoms with Crippen LogP contribution in [0.1, 0.15) is 114 Å². The van der Waals surface area contributed by atoms with Gasteiger partial charge in [0.2, 0.25) is 29.5 Å². The number of piperidine rings is 1. The van der Waals surface area contributed by atoms with E-state index < -0.39 is 49.0 Å². The summed E-state index contributed by atoms with van der Waals surface area (Å²) in [5.74, 6) is -2.30. The molecule has 6 amide bonds. The second-order valence-electron chi connectivity index (χ2n) is 18.7. The number of aromatic amines is 1. The molecular weight excluding hydrogens is 908 g/mol. The molecule has 0 aliphatic carbocycles. The summed E-state index contributed by atoms with van der Waals surface area (Å²) >= 11 is 0. The molecule has 19 nitrogen and oxygen atoms in total. The van der Waals surface area contributed by atoms with Crippen molar-refractivity contribution in [3.63, 3.8) is 0 Å². The lowest BCUT2D eigenvalue weighted by molar-refractivity contribution is -0.136. The molecule has 0 saturated carbocycles. The molecule has 6 N–H and O–H groups in total. The number of nitrogens with one attached hydrogen (secondary N) is 4. The van der Waals surface area contributed by atoms with Crippen molar-refractivity contribution >= 4 is 76.2 Å². The number of benzene rings is 3. The highest BCUT2D eigenvalue weighted by Gasteiger charge is 2.45. The maximum Gasteiger partial charge on any atom is 0.396 e. The van der Waals surface area contributed by atoms with E-state index in [4.69, 9.17) is 0 Å². The van der Waals surface area contributed by atoms with Crippen LogP contribution < -0.4 is 26.5 Å². The summed E-state index contributed by atoms with van der Waals surface area (Å²) in [5, 5.41) is 8.58. The molecule has 1 saturated heterocycles. The second kappa shape index (κ2) is 19.7. The van der Waals surface area contributed by atoms with Crippen LogP contribution in [0, 0.1) is 0 Å². The van der Waals surface area contributed by atoms with E-state index in [9.17, 15) is 52.7 Å². The minimum absolute atomic E-state index is 0.0647. The van der Waals surface area contributed by atoms with Crippen molar-refractivity contribution in [2.24, 2.45) is 7.05 Å². The van der Waals surface area contributed by atoms with Crippen molar-refractivity contribution < 1.29 is 47.9 Å². The summed E-state index contributed by atoms with van der Waals surface area (Å²) in [6.45, 7) is 1.82. The van der Waals surface area contributed by atoms with Crippen molar-refractivity contribution in [1.82, 2.24) is 35.0 Å². The summed E-state index contributed by atoms with van der Waals surface area (Å²) in [5.41, 5.74) is 4.61. The number of hydrogen-bond donors (Lipinski definition) is 6. The Bertz CT molecular complexity index is 3040. The molecule has 364 valence electrons. The summed E-state index contributed by atoms with van der Waals surface area (Å²) in [6, 6.07) is 12.4. The number of aromatic nitrogens is 3. The van der Waals surface area contributed by atoms with E-state index in [-0.39, 0.29) is 72.8 Å². The largest absolute Gasteiger partial charge is 0.396 e. The van der Waals surface area contributed by atoms with E-state index in [1.54, 1.807) is 25.7 Å². The predicted octanol–water partition coefficient (Wildman–Crippen LogP) is 3.84. The molecule has 1 unspecified atom stereocenters. The standard InChI is InChI=1S/C49H57N8O11P/c1-27(11-20-42(59)54(2)3)50-46(62)40-26-33-22-29(10-8-6-5-7-9-28-12-17-37-39(23-28)55(4)49(65)56(37)38-18-19-41(58)53-45(38)61)21-30-13-16-35(47(63)57(40)43(30)33)52-44(60)36-25-32-24-31(14-15-34(32)51-36)48(64)69(66,67)68/h12,14-15,17,21-25,27,35,38,40,51H,5-11,13,16,18-20,26H2,1-4H3,(H,50,62)(H,52,60)(H,53,58,61)(H2,66,67,68)/t27-,35+,38?,40+/m1/s1. The number of rotatable bonds is 17. The highest BCUT2D eigenvalue weighted by atomic mass is 31.2. The molecule has 0 bridgehead atoms. The molecule has 5 aromatic rings. The van der Waals surface area contributed by atoms with E-state index in [1.807, 2.05) is 25.1 Å². The zero-order valence-electron chi connectivity index (χ0n) is 39.0. The van der Waals surface area contributed by atoms with Gasteiger partial charge in [0.15, 0.2) is 0 Å². The Morgan fingerprint density at radius 1 is 0.870 bits per heavy atom. The molecule has 3 aliphatic rings. The Kier molecular flexibility index (Phi) is 13.9. The lowest BCUT2D eigenvalue weighted by Gasteiger charge is -2.29.